The molecule has 0 spiro atoms. The van der Waals surface area contributed by atoms with Crippen LogP contribution in [0.25, 0.3) is 21.8 Å². The second-order valence-electron chi connectivity index (χ2n) is 10.1. The molecule has 4 aromatic rings. The number of imidazole rings is 1. The number of aromatic nitrogens is 3. The molecule has 0 aliphatic carbocycles. The van der Waals surface area contributed by atoms with Gasteiger partial charge >= 0.3 is 0 Å². The first-order chi connectivity index (χ1) is 20.0. The van der Waals surface area contributed by atoms with Gasteiger partial charge in [0.1, 0.15) is 5.75 Å². The van der Waals surface area contributed by atoms with Crippen LogP contribution < -0.4 is 32.2 Å². The number of nitrogens with zero attached hydrogens (tertiary/aromatic N) is 2. The summed E-state index contributed by atoms with van der Waals surface area (Å²) in [5.41, 5.74) is 15.3. The number of halogens is 1. The van der Waals surface area contributed by atoms with Gasteiger partial charge in [0.2, 0.25) is 0 Å². The summed E-state index contributed by atoms with van der Waals surface area (Å²) in [7, 11) is 1.56. The minimum atomic E-state index is -0.799. The molecule has 4 rings (SSSR count). The molecule has 0 saturated heterocycles. The number of nitrogens with two attached hydrogens (primary N) is 2. The number of methoxy groups -OCH3 is 1. The van der Waals surface area contributed by atoms with E-state index in [1.807, 2.05) is 24.3 Å². The number of aromatic amines is 1. The standard InChI is InChI=1S/C30H41ClN8O2/c1-41-26-9-8-24-27(28(26)30(40)23(33)17-21-18-36-19-38-21)29(22-7-6-20(31)16-25(22)39-24)37-15-5-14-35-12-3-2-11-34-13-4-10-32/h6-9,16,18-19,23,34-35H,2-5,10-15,17,32-33H2,1H3,(H,36,38)(H,37,39)/t23-/m0/s1. The van der Waals surface area contributed by atoms with E-state index < -0.39 is 6.04 Å². The molecular weight excluding hydrogens is 540 g/mol. The number of rotatable bonds is 18. The number of carbonyl (C=O) groups excluding carboxylic acids is 1. The number of hydrogen-bond donors (Lipinski definition) is 6. The van der Waals surface area contributed by atoms with Crippen LogP contribution in [0, 0.1) is 0 Å². The van der Waals surface area contributed by atoms with Gasteiger partial charge in [-0.25, -0.2) is 9.97 Å². The van der Waals surface area contributed by atoms with E-state index in [-0.39, 0.29) is 5.78 Å². The van der Waals surface area contributed by atoms with Crippen molar-refractivity contribution in [2.45, 2.75) is 38.1 Å². The second kappa shape index (κ2) is 15.6. The van der Waals surface area contributed by atoms with E-state index in [1.165, 1.54) is 0 Å². The molecule has 2 aromatic carbocycles. The van der Waals surface area contributed by atoms with Crippen molar-refractivity contribution in [1.82, 2.24) is 25.6 Å². The Morgan fingerprint density at radius 3 is 2.49 bits per heavy atom. The molecule has 0 unspecified atom stereocenters. The summed E-state index contributed by atoms with van der Waals surface area (Å²) in [5.74, 6) is 0.227. The summed E-state index contributed by atoms with van der Waals surface area (Å²) in [6, 6.07) is 8.43. The zero-order valence-corrected chi connectivity index (χ0v) is 24.4. The monoisotopic (exact) mass is 580 g/mol. The first kappa shape index (κ1) is 30.7. The van der Waals surface area contributed by atoms with Gasteiger partial charge in [0.05, 0.1) is 47.5 Å². The Labute approximate surface area is 246 Å². The minimum Gasteiger partial charge on any atom is -0.496 e. The Morgan fingerprint density at radius 2 is 1.78 bits per heavy atom. The second-order valence-corrected chi connectivity index (χ2v) is 10.5. The lowest BCUT2D eigenvalue weighted by atomic mass is 9.94. The number of anilines is 1. The van der Waals surface area contributed by atoms with Crippen LogP contribution in [-0.2, 0) is 6.42 Å². The maximum atomic E-state index is 13.8. The molecule has 0 amide bonds. The maximum absolute atomic E-state index is 13.8. The fraction of sp³-hybridized carbons (Fsp3) is 0.433. The Morgan fingerprint density at radius 1 is 1.02 bits per heavy atom. The summed E-state index contributed by atoms with van der Waals surface area (Å²) in [6.45, 7) is 5.29. The third-order valence-electron chi connectivity index (χ3n) is 7.00. The number of carbonyl (C=O) groups is 1. The van der Waals surface area contributed by atoms with Crippen LogP contribution in [0.4, 0.5) is 5.69 Å². The highest BCUT2D eigenvalue weighted by Gasteiger charge is 2.26. The number of pyridine rings is 1. The normalized spacial score (nSPS) is 12.2. The van der Waals surface area contributed by atoms with Crippen LogP contribution in [0.2, 0.25) is 5.02 Å². The van der Waals surface area contributed by atoms with Gasteiger partial charge < -0.3 is 37.1 Å². The van der Waals surface area contributed by atoms with E-state index in [4.69, 9.17) is 32.8 Å². The molecule has 0 aliphatic heterocycles. The molecule has 2 heterocycles. The van der Waals surface area contributed by atoms with Crippen molar-refractivity contribution in [1.29, 1.82) is 0 Å². The lowest BCUT2D eigenvalue weighted by Gasteiger charge is -2.19. The molecule has 0 fully saturated rings. The van der Waals surface area contributed by atoms with Gasteiger partial charge in [-0.15, -0.1) is 0 Å². The molecule has 0 radical (unpaired) electrons. The van der Waals surface area contributed by atoms with Gasteiger partial charge in [0.25, 0.3) is 0 Å². The number of hydrogen-bond acceptors (Lipinski definition) is 9. The highest BCUT2D eigenvalue weighted by Crippen LogP contribution is 2.38. The Kier molecular flexibility index (Phi) is 11.7. The van der Waals surface area contributed by atoms with Crippen LogP contribution in [0.3, 0.4) is 0 Å². The SMILES string of the molecule is COc1ccc2nc3cc(Cl)ccc3c(NCCCNCCCCNCCCN)c2c1C(=O)[C@@H](N)Cc1c[nH]cn1. The van der Waals surface area contributed by atoms with Crippen molar-refractivity contribution in [3.8, 4) is 5.75 Å². The van der Waals surface area contributed by atoms with Crippen molar-refractivity contribution >= 4 is 44.9 Å². The average Bonchev–Trinajstić information content (AvgIpc) is 3.49. The fourth-order valence-corrected chi connectivity index (χ4v) is 5.07. The number of ether oxygens (including phenoxy) is 1. The topological polar surface area (TPSA) is 156 Å². The zero-order chi connectivity index (χ0) is 29.0. The number of Topliss-reactive ketones (excluding diaryl/α,β-unsaturated/α-hetero) is 1. The third-order valence-corrected chi connectivity index (χ3v) is 7.23. The number of unbranched alkanes of at least 4 members (excludes halogenated alkanes) is 1. The smallest absolute Gasteiger partial charge is 0.184 e. The van der Waals surface area contributed by atoms with Crippen molar-refractivity contribution in [3.63, 3.8) is 0 Å². The largest absolute Gasteiger partial charge is 0.496 e. The van der Waals surface area contributed by atoms with Crippen molar-refractivity contribution in [2.24, 2.45) is 11.5 Å². The van der Waals surface area contributed by atoms with E-state index in [9.17, 15) is 4.79 Å². The minimum absolute atomic E-state index is 0.229. The van der Waals surface area contributed by atoms with Crippen LogP contribution in [0.15, 0.2) is 42.9 Å². The molecule has 0 saturated carbocycles. The molecule has 0 bridgehead atoms. The maximum Gasteiger partial charge on any atom is 0.184 e. The molecule has 8 N–H and O–H groups in total. The van der Waals surface area contributed by atoms with E-state index >= 15 is 0 Å². The van der Waals surface area contributed by atoms with Gasteiger partial charge in [-0.3, -0.25) is 4.79 Å². The van der Waals surface area contributed by atoms with Crippen molar-refractivity contribution in [3.05, 3.63) is 59.1 Å². The zero-order valence-electron chi connectivity index (χ0n) is 23.6. The van der Waals surface area contributed by atoms with Gasteiger partial charge in [0, 0.05) is 35.0 Å². The molecule has 1 atom stereocenters. The number of H-pyrrole nitrogens is 1. The molecule has 0 aliphatic rings. The summed E-state index contributed by atoms with van der Waals surface area (Å²) >= 11 is 6.31. The quantitative estimate of drug-likeness (QED) is 0.0587. The molecule has 41 heavy (non-hydrogen) atoms. The first-order valence-electron chi connectivity index (χ1n) is 14.3. The fourth-order valence-electron chi connectivity index (χ4n) is 4.90. The van der Waals surface area contributed by atoms with E-state index in [0.29, 0.717) is 40.2 Å². The molecule has 11 heteroatoms. The highest BCUT2D eigenvalue weighted by atomic mass is 35.5. The lowest BCUT2D eigenvalue weighted by Crippen LogP contribution is -2.33. The van der Waals surface area contributed by atoms with Gasteiger partial charge in [-0.05, 0) is 88.7 Å². The number of ketones is 1. The predicted octanol–water partition coefficient (Wildman–Crippen LogP) is 3.64. The van der Waals surface area contributed by atoms with Crippen molar-refractivity contribution in [2.75, 3.05) is 51.7 Å². The molecular formula is C30H41ClN8O2. The van der Waals surface area contributed by atoms with E-state index in [1.54, 1.807) is 25.7 Å². The highest BCUT2D eigenvalue weighted by molar-refractivity contribution is 6.31. The predicted molar refractivity (Wildman–Crippen MR) is 167 cm³/mol. The van der Waals surface area contributed by atoms with Gasteiger partial charge in [0.15, 0.2) is 5.78 Å². The van der Waals surface area contributed by atoms with Crippen molar-refractivity contribution < 1.29 is 9.53 Å². The van der Waals surface area contributed by atoms with Gasteiger partial charge in [-0.1, -0.05) is 11.6 Å². The lowest BCUT2D eigenvalue weighted by molar-refractivity contribution is 0.0959. The Bertz CT molecular complexity index is 1410. The summed E-state index contributed by atoms with van der Waals surface area (Å²) in [4.78, 5) is 25.8. The summed E-state index contributed by atoms with van der Waals surface area (Å²) in [5, 5.41) is 12.7. The van der Waals surface area contributed by atoms with Crippen LogP contribution >= 0.6 is 11.6 Å². The van der Waals surface area contributed by atoms with Crippen LogP contribution in [-0.4, -0.2) is 73.2 Å². The number of fused-ring (bicyclic) bond motifs is 2. The van der Waals surface area contributed by atoms with E-state index in [0.717, 1.165) is 80.7 Å². The molecule has 220 valence electrons. The number of benzene rings is 2. The Hall–Kier alpha value is -3.28. The van der Waals surface area contributed by atoms with Gasteiger partial charge in [-0.2, -0.15) is 0 Å². The number of nitrogens with one attached hydrogen (secondary N) is 4. The molecule has 10 nitrogen and oxygen atoms in total. The first-order valence-corrected chi connectivity index (χ1v) is 14.6. The average molecular weight is 581 g/mol. The van der Waals surface area contributed by atoms with Crippen LogP contribution in [0.5, 0.6) is 5.75 Å². The Balaban J connectivity index is 1.52. The van der Waals surface area contributed by atoms with E-state index in [2.05, 4.69) is 25.9 Å². The summed E-state index contributed by atoms with van der Waals surface area (Å²) < 4.78 is 5.67. The summed E-state index contributed by atoms with van der Waals surface area (Å²) in [6.07, 6.45) is 7.79. The molecule has 2 aromatic heterocycles. The van der Waals surface area contributed by atoms with Crippen LogP contribution in [0.1, 0.15) is 41.7 Å². The third kappa shape index (κ3) is 8.15.